The molecule has 0 aromatic heterocycles. The predicted molar refractivity (Wildman–Crippen MR) is 118 cm³/mol. The molecule has 0 spiro atoms. The molecule has 3 rings (SSSR count). The first-order chi connectivity index (χ1) is 13.6. The predicted octanol–water partition coefficient (Wildman–Crippen LogP) is 6.24. The highest BCUT2D eigenvalue weighted by Crippen LogP contribution is 2.24. The fourth-order valence-electron chi connectivity index (χ4n) is 3.33. The summed E-state index contributed by atoms with van der Waals surface area (Å²) in [5.41, 5.74) is 6.21. The van der Waals surface area contributed by atoms with Crippen LogP contribution in [0.4, 0.5) is 11.4 Å². The van der Waals surface area contributed by atoms with Gasteiger partial charge in [-0.05, 0) is 53.3 Å². The zero-order valence-corrected chi connectivity index (χ0v) is 16.8. The van der Waals surface area contributed by atoms with E-state index in [-0.39, 0.29) is 5.91 Å². The number of para-hydroxylation sites is 2. The molecule has 0 saturated heterocycles. The van der Waals surface area contributed by atoms with E-state index in [2.05, 4.69) is 55.7 Å². The zero-order valence-electron chi connectivity index (χ0n) is 16.8. The second-order valence-electron chi connectivity index (χ2n) is 7.26. The molecule has 144 valence electrons. The first kappa shape index (κ1) is 19.7. The molecule has 3 aromatic rings. The molecule has 28 heavy (non-hydrogen) atoms. The molecule has 0 aliphatic heterocycles. The molecule has 0 atom stereocenters. The third-order valence-corrected chi connectivity index (χ3v) is 4.90. The van der Waals surface area contributed by atoms with E-state index in [1.165, 1.54) is 5.56 Å². The Morgan fingerprint density at radius 1 is 0.893 bits per heavy atom. The summed E-state index contributed by atoms with van der Waals surface area (Å²) in [5, 5.41) is 6.56. The van der Waals surface area contributed by atoms with Crippen LogP contribution in [0.3, 0.4) is 0 Å². The Morgan fingerprint density at radius 3 is 2.36 bits per heavy atom. The lowest BCUT2D eigenvalue weighted by atomic mass is 10.0. The van der Waals surface area contributed by atoms with E-state index in [0.717, 1.165) is 28.9 Å². The summed E-state index contributed by atoms with van der Waals surface area (Å²) in [7, 11) is 0. The number of hydrogen-bond acceptors (Lipinski definition) is 2. The van der Waals surface area contributed by atoms with Crippen LogP contribution >= 0.6 is 0 Å². The van der Waals surface area contributed by atoms with Crippen molar-refractivity contribution in [3.05, 3.63) is 95.1 Å². The van der Waals surface area contributed by atoms with Crippen LogP contribution < -0.4 is 10.6 Å². The summed E-state index contributed by atoms with van der Waals surface area (Å²) in [6, 6.07) is 24.1. The molecule has 0 radical (unpaired) electrons. The van der Waals surface area contributed by atoms with Gasteiger partial charge in [0.05, 0.1) is 0 Å². The Bertz CT molecular complexity index is 947. The minimum atomic E-state index is -0.0797. The van der Waals surface area contributed by atoms with Gasteiger partial charge in [0.25, 0.3) is 5.91 Å². The van der Waals surface area contributed by atoms with Gasteiger partial charge in [0.2, 0.25) is 0 Å². The monoisotopic (exact) mass is 372 g/mol. The number of carbonyl (C=O) groups excluding carboxylic acids is 1. The van der Waals surface area contributed by atoms with Gasteiger partial charge in [0.1, 0.15) is 0 Å². The molecule has 3 aromatic carbocycles. The molecule has 0 aliphatic carbocycles. The van der Waals surface area contributed by atoms with Crippen LogP contribution in [0.2, 0.25) is 0 Å². The summed E-state index contributed by atoms with van der Waals surface area (Å²) in [6.07, 6.45) is 0.987. The number of carbonyl (C=O) groups is 1. The summed E-state index contributed by atoms with van der Waals surface area (Å²) in [6.45, 7) is 7.10. The van der Waals surface area contributed by atoms with Crippen molar-refractivity contribution in [1.29, 1.82) is 0 Å². The number of benzene rings is 3. The molecule has 1 amide bonds. The van der Waals surface area contributed by atoms with Crippen LogP contribution in [-0.2, 0) is 13.0 Å². The maximum Gasteiger partial charge on any atom is 0.255 e. The van der Waals surface area contributed by atoms with Crippen molar-refractivity contribution in [3.8, 4) is 0 Å². The zero-order chi connectivity index (χ0) is 19.9. The van der Waals surface area contributed by atoms with Crippen LogP contribution in [0.5, 0.6) is 0 Å². The molecule has 2 N–H and O–H groups in total. The fourth-order valence-corrected chi connectivity index (χ4v) is 3.33. The van der Waals surface area contributed by atoms with Crippen molar-refractivity contribution >= 4 is 17.3 Å². The Hall–Kier alpha value is -3.07. The maximum atomic E-state index is 12.8. The van der Waals surface area contributed by atoms with Gasteiger partial charge in [-0.15, -0.1) is 0 Å². The first-order valence-corrected chi connectivity index (χ1v) is 9.89. The fraction of sp³-hybridized carbons (Fsp3) is 0.240. The first-order valence-electron chi connectivity index (χ1n) is 9.89. The molecule has 3 heteroatoms. The van der Waals surface area contributed by atoms with Crippen molar-refractivity contribution in [2.75, 3.05) is 10.6 Å². The van der Waals surface area contributed by atoms with E-state index in [9.17, 15) is 4.79 Å². The average molecular weight is 373 g/mol. The lowest BCUT2D eigenvalue weighted by Gasteiger charge is -2.14. The van der Waals surface area contributed by atoms with E-state index in [1.807, 2.05) is 48.5 Å². The van der Waals surface area contributed by atoms with Gasteiger partial charge >= 0.3 is 0 Å². The third-order valence-electron chi connectivity index (χ3n) is 4.90. The minimum absolute atomic E-state index is 0.0797. The van der Waals surface area contributed by atoms with Gasteiger partial charge in [0.15, 0.2) is 0 Å². The molecular weight excluding hydrogens is 344 g/mol. The molecule has 0 fully saturated rings. The maximum absolute atomic E-state index is 12.8. The van der Waals surface area contributed by atoms with Crippen LogP contribution in [0.15, 0.2) is 72.8 Å². The van der Waals surface area contributed by atoms with Crippen LogP contribution in [-0.4, -0.2) is 5.91 Å². The van der Waals surface area contributed by atoms with Gasteiger partial charge in [-0.1, -0.05) is 69.3 Å². The number of amides is 1. The average Bonchev–Trinajstić information content (AvgIpc) is 2.73. The molecule has 0 unspecified atom stereocenters. The topological polar surface area (TPSA) is 41.1 Å². The van der Waals surface area contributed by atoms with Gasteiger partial charge in [-0.3, -0.25) is 4.79 Å². The molecule has 0 bridgehead atoms. The van der Waals surface area contributed by atoms with Gasteiger partial charge < -0.3 is 10.6 Å². The highest BCUT2D eigenvalue weighted by molar-refractivity contribution is 6.04. The normalized spacial score (nSPS) is 10.7. The quantitative estimate of drug-likeness (QED) is 0.515. The van der Waals surface area contributed by atoms with Crippen molar-refractivity contribution in [2.45, 2.75) is 39.7 Å². The van der Waals surface area contributed by atoms with Gasteiger partial charge in [0, 0.05) is 23.5 Å². The van der Waals surface area contributed by atoms with E-state index in [0.29, 0.717) is 18.0 Å². The van der Waals surface area contributed by atoms with Crippen molar-refractivity contribution in [1.82, 2.24) is 0 Å². The Morgan fingerprint density at radius 2 is 1.61 bits per heavy atom. The number of anilines is 2. The largest absolute Gasteiger partial charge is 0.381 e. The lowest BCUT2D eigenvalue weighted by molar-refractivity contribution is 0.102. The number of nitrogens with one attached hydrogen (secondary N) is 2. The number of hydrogen-bond donors (Lipinski definition) is 2. The second-order valence-corrected chi connectivity index (χ2v) is 7.26. The molecular formula is C25H28N2O. The van der Waals surface area contributed by atoms with Crippen LogP contribution in [0.25, 0.3) is 0 Å². The van der Waals surface area contributed by atoms with Crippen molar-refractivity contribution in [2.24, 2.45) is 0 Å². The summed E-state index contributed by atoms with van der Waals surface area (Å²) in [5.74, 6) is 0.273. The lowest BCUT2D eigenvalue weighted by Crippen LogP contribution is -2.14. The summed E-state index contributed by atoms with van der Waals surface area (Å²) >= 11 is 0. The van der Waals surface area contributed by atoms with E-state index in [4.69, 9.17) is 0 Å². The Balaban J connectivity index is 1.72. The Kier molecular flexibility index (Phi) is 6.49. The van der Waals surface area contributed by atoms with E-state index >= 15 is 0 Å². The summed E-state index contributed by atoms with van der Waals surface area (Å²) in [4.78, 5) is 12.8. The minimum Gasteiger partial charge on any atom is -0.381 e. The van der Waals surface area contributed by atoms with Crippen LogP contribution in [0.1, 0.15) is 53.7 Å². The van der Waals surface area contributed by atoms with Crippen molar-refractivity contribution < 1.29 is 4.79 Å². The van der Waals surface area contributed by atoms with E-state index in [1.54, 1.807) is 0 Å². The Labute approximate surface area is 167 Å². The smallest absolute Gasteiger partial charge is 0.255 e. The van der Waals surface area contributed by atoms with Crippen molar-refractivity contribution in [3.63, 3.8) is 0 Å². The van der Waals surface area contributed by atoms with Gasteiger partial charge in [-0.2, -0.15) is 0 Å². The highest BCUT2D eigenvalue weighted by Gasteiger charge is 2.11. The number of rotatable bonds is 7. The second kappa shape index (κ2) is 9.23. The molecule has 0 saturated carbocycles. The highest BCUT2D eigenvalue weighted by atomic mass is 16.1. The molecule has 0 heterocycles. The molecule has 0 aliphatic rings. The van der Waals surface area contributed by atoms with E-state index < -0.39 is 0 Å². The summed E-state index contributed by atoms with van der Waals surface area (Å²) < 4.78 is 0. The SMILES string of the molecule is CCc1ccccc1NCc1cccc(C(=O)Nc2ccccc2C(C)C)c1. The van der Waals surface area contributed by atoms with Gasteiger partial charge in [-0.25, -0.2) is 0 Å². The third kappa shape index (κ3) is 4.80. The standard InChI is InChI=1S/C25H28N2O/c1-4-20-11-5-7-14-23(20)26-17-19-10-9-12-21(16-19)25(28)27-24-15-8-6-13-22(24)18(2)3/h5-16,18,26H,4,17H2,1-3H3,(H,27,28). The number of aryl methyl sites for hydroxylation is 1. The van der Waals surface area contributed by atoms with Crippen LogP contribution in [0, 0.1) is 0 Å². The molecule has 3 nitrogen and oxygen atoms in total.